The van der Waals surface area contributed by atoms with E-state index in [0.29, 0.717) is 6.10 Å². The molecule has 1 aromatic rings. The van der Waals surface area contributed by atoms with Crippen LogP contribution in [0.4, 0.5) is 0 Å². The summed E-state index contributed by atoms with van der Waals surface area (Å²) >= 11 is 0. The summed E-state index contributed by atoms with van der Waals surface area (Å²) in [6, 6.07) is 8.26. The fourth-order valence-corrected chi connectivity index (χ4v) is 2.55. The summed E-state index contributed by atoms with van der Waals surface area (Å²) in [6.45, 7) is 4.32. The van der Waals surface area contributed by atoms with E-state index in [1.165, 1.54) is 25.7 Å². The van der Waals surface area contributed by atoms with Crippen LogP contribution in [0.25, 0.3) is 0 Å². The third-order valence-corrected chi connectivity index (χ3v) is 3.57. The van der Waals surface area contributed by atoms with Crippen molar-refractivity contribution in [2.24, 2.45) is 11.7 Å². The molecule has 1 saturated carbocycles. The maximum atomic E-state index is 6.06. The quantitative estimate of drug-likeness (QED) is 0.864. The van der Waals surface area contributed by atoms with Gasteiger partial charge in [0, 0.05) is 6.04 Å². The van der Waals surface area contributed by atoms with E-state index in [4.69, 9.17) is 10.5 Å². The lowest BCUT2D eigenvalue weighted by atomic mass is 9.89. The second kappa shape index (κ2) is 5.54. The second-order valence-electron chi connectivity index (χ2n) is 5.37. The van der Waals surface area contributed by atoms with Crippen molar-refractivity contribution < 1.29 is 4.74 Å². The first-order valence-corrected chi connectivity index (χ1v) is 6.67. The standard InChI is InChI=1S/C15H23NO/c1-11-5-3-7-14(9-11)17-15-8-4-6-13(10-15)12(2)16/h4,6,8,10-12,14H,3,5,7,9,16H2,1-2H3/t11?,12-,14?/m0/s1. The van der Waals surface area contributed by atoms with Crippen molar-refractivity contribution in [2.45, 2.75) is 51.7 Å². The predicted octanol–water partition coefficient (Wildman–Crippen LogP) is 3.66. The van der Waals surface area contributed by atoms with Crippen molar-refractivity contribution in [3.8, 4) is 5.75 Å². The number of benzene rings is 1. The van der Waals surface area contributed by atoms with Gasteiger partial charge in [-0.2, -0.15) is 0 Å². The highest BCUT2D eigenvalue weighted by atomic mass is 16.5. The van der Waals surface area contributed by atoms with Crippen LogP contribution >= 0.6 is 0 Å². The third-order valence-electron chi connectivity index (χ3n) is 3.57. The van der Waals surface area contributed by atoms with E-state index >= 15 is 0 Å². The van der Waals surface area contributed by atoms with Gasteiger partial charge in [0.05, 0.1) is 6.10 Å². The second-order valence-corrected chi connectivity index (χ2v) is 5.37. The zero-order chi connectivity index (χ0) is 12.3. The van der Waals surface area contributed by atoms with Gasteiger partial charge in [0.15, 0.2) is 0 Å². The summed E-state index contributed by atoms with van der Waals surface area (Å²) < 4.78 is 6.06. The molecule has 0 heterocycles. The fraction of sp³-hybridized carbons (Fsp3) is 0.600. The maximum Gasteiger partial charge on any atom is 0.120 e. The molecule has 0 spiro atoms. The monoisotopic (exact) mass is 233 g/mol. The molecular weight excluding hydrogens is 210 g/mol. The Morgan fingerprint density at radius 2 is 2.18 bits per heavy atom. The normalized spacial score (nSPS) is 26.5. The Kier molecular flexibility index (Phi) is 4.06. The zero-order valence-electron chi connectivity index (χ0n) is 10.9. The molecule has 0 saturated heterocycles. The van der Waals surface area contributed by atoms with Gasteiger partial charge >= 0.3 is 0 Å². The Morgan fingerprint density at radius 3 is 2.88 bits per heavy atom. The highest BCUT2D eigenvalue weighted by Crippen LogP contribution is 2.28. The topological polar surface area (TPSA) is 35.2 Å². The van der Waals surface area contributed by atoms with E-state index in [9.17, 15) is 0 Å². The van der Waals surface area contributed by atoms with Crippen molar-refractivity contribution in [1.29, 1.82) is 0 Å². The van der Waals surface area contributed by atoms with Crippen LogP contribution in [-0.4, -0.2) is 6.10 Å². The minimum Gasteiger partial charge on any atom is -0.490 e. The van der Waals surface area contributed by atoms with Crippen LogP contribution in [0.1, 0.15) is 51.1 Å². The maximum absolute atomic E-state index is 6.06. The molecule has 1 aliphatic carbocycles. The number of nitrogens with two attached hydrogens (primary N) is 1. The molecule has 2 nitrogen and oxygen atoms in total. The van der Waals surface area contributed by atoms with Crippen LogP contribution in [0.5, 0.6) is 5.75 Å². The first-order chi connectivity index (χ1) is 8.15. The number of ether oxygens (including phenoxy) is 1. The zero-order valence-corrected chi connectivity index (χ0v) is 10.9. The lowest BCUT2D eigenvalue weighted by Crippen LogP contribution is -2.24. The Labute approximate surface area is 104 Å². The van der Waals surface area contributed by atoms with Crippen LogP contribution in [0.2, 0.25) is 0 Å². The Balaban J connectivity index is 2.00. The molecular formula is C15H23NO. The molecule has 0 aromatic heterocycles. The number of hydrogen-bond acceptors (Lipinski definition) is 2. The van der Waals surface area contributed by atoms with Crippen LogP contribution < -0.4 is 10.5 Å². The Morgan fingerprint density at radius 1 is 1.35 bits per heavy atom. The molecule has 1 aliphatic rings. The molecule has 94 valence electrons. The van der Waals surface area contributed by atoms with Gasteiger partial charge in [0.1, 0.15) is 5.75 Å². The molecule has 3 atom stereocenters. The lowest BCUT2D eigenvalue weighted by molar-refractivity contribution is 0.129. The van der Waals surface area contributed by atoms with Gasteiger partial charge in [-0.15, -0.1) is 0 Å². The minimum absolute atomic E-state index is 0.0730. The summed E-state index contributed by atoms with van der Waals surface area (Å²) in [5, 5.41) is 0. The van der Waals surface area contributed by atoms with E-state index < -0.39 is 0 Å². The van der Waals surface area contributed by atoms with E-state index in [1.54, 1.807) is 0 Å². The molecule has 2 N–H and O–H groups in total. The van der Waals surface area contributed by atoms with Gasteiger partial charge in [-0.05, 0) is 49.8 Å². The molecule has 2 rings (SSSR count). The van der Waals surface area contributed by atoms with Crippen molar-refractivity contribution >= 4 is 0 Å². The van der Waals surface area contributed by atoms with Crippen LogP contribution in [0.3, 0.4) is 0 Å². The summed E-state index contributed by atoms with van der Waals surface area (Å²) in [4.78, 5) is 0. The minimum atomic E-state index is 0.0730. The van der Waals surface area contributed by atoms with Gasteiger partial charge in [0.25, 0.3) is 0 Å². The molecule has 2 heteroatoms. The SMILES string of the molecule is CC1CCCC(Oc2cccc([C@H](C)N)c2)C1. The smallest absolute Gasteiger partial charge is 0.120 e. The Hall–Kier alpha value is -1.02. The van der Waals surface area contributed by atoms with E-state index in [-0.39, 0.29) is 6.04 Å². The van der Waals surface area contributed by atoms with Gasteiger partial charge < -0.3 is 10.5 Å². The van der Waals surface area contributed by atoms with E-state index in [0.717, 1.165) is 17.2 Å². The van der Waals surface area contributed by atoms with Crippen LogP contribution in [0, 0.1) is 5.92 Å². The van der Waals surface area contributed by atoms with Gasteiger partial charge in [-0.1, -0.05) is 25.5 Å². The molecule has 0 bridgehead atoms. The fourth-order valence-electron chi connectivity index (χ4n) is 2.55. The molecule has 17 heavy (non-hydrogen) atoms. The first kappa shape index (κ1) is 12.4. The van der Waals surface area contributed by atoms with Gasteiger partial charge in [-0.3, -0.25) is 0 Å². The van der Waals surface area contributed by atoms with Crippen LogP contribution in [-0.2, 0) is 0 Å². The van der Waals surface area contributed by atoms with Gasteiger partial charge in [0.2, 0.25) is 0 Å². The van der Waals surface area contributed by atoms with Crippen molar-refractivity contribution in [3.63, 3.8) is 0 Å². The van der Waals surface area contributed by atoms with Crippen molar-refractivity contribution in [1.82, 2.24) is 0 Å². The summed E-state index contributed by atoms with van der Waals surface area (Å²) in [7, 11) is 0. The van der Waals surface area contributed by atoms with Gasteiger partial charge in [-0.25, -0.2) is 0 Å². The number of hydrogen-bond donors (Lipinski definition) is 1. The lowest BCUT2D eigenvalue weighted by Gasteiger charge is -2.27. The molecule has 0 aliphatic heterocycles. The van der Waals surface area contributed by atoms with Crippen LogP contribution in [0.15, 0.2) is 24.3 Å². The summed E-state index contributed by atoms with van der Waals surface area (Å²) in [5.41, 5.74) is 7.03. The molecule has 0 radical (unpaired) electrons. The molecule has 2 unspecified atom stereocenters. The average Bonchev–Trinajstić information content (AvgIpc) is 2.29. The molecule has 0 amide bonds. The van der Waals surface area contributed by atoms with Crippen molar-refractivity contribution in [3.05, 3.63) is 29.8 Å². The third kappa shape index (κ3) is 3.47. The largest absolute Gasteiger partial charge is 0.490 e. The molecule has 1 fully saturated rings. The van der Waals surface area contributed by atoms with E-state index in [2.05, 4.69) is 19.1 Å². The Bertz CT molecular complexity index is 362. The summed E-state index contributed by atoms with van der Waals surface area (Å²) in [5.74, 6) is 1.77. The number of rotatable bonds is 3. The highest BCUT2D eigenvalue weighted by Gasteiger charge is 2.20. The average molecular weight is 233 g/mol. The van der Waals surface area contributed by atoms with Crippen molar-refractivity contribution in [2.75, 3.05) is 0 Å². The first-order valence-electron chi connectivity index (χ1n) is 6.67. The highest BCUT2D eigenvalue weighted by molar-refractivity contribution is 5.30. The summed E-state index contributed by atoms with van der Waals surface area (Å²) in [6.07, 6.45) is 5.40. The predicted molar refractivity (Wildman–Crippen MR) is 71.1 cm³/mol. The van der Waals surface area contributed by atoms with E-state index in [1.807, 2.05) is 19.1 Å². The molecule has 1 aromatic carbocycles.